The number of anilines is 1. The monoisotopic (exact) mass is 425 g/mol. The fraction of sp³-hybridized carbons (Fsp3) is 0.190. The minimum atomic E-state index is -0.259. The molecule has 1 N–H and O–H groups in total. The summed E-state index contributed by atoms with van der Waals surface area (Å²) in [5.41, 5.74) is 4.63. The lowest BCUT2D eigenvalue weighted by Gasteiger charge is -2.05. The number of benzene rings is 2. The summed E-state index contributed by atoms with van der Waals surface area (Å²) in [5.74, 6) is 1.96. The number of rotatable bonds is 6. The predicted molar refractivity (Wildman–Crippen MR) is 116 cm³/mol. The standard InChI is InChI=1S/C21H19N3O3S2/c1-13-3-4-14(2)16(9-13)11-28-21-24-23-20(29-21)22-19(25)8-6-15-5-7-17-18(10-15)27-12-26-17/h3-10H,11-12H2,1-2H3,(H,22,23,25)/b8-6+. The van der Waals surface area contributed by atoms with Crippen LogP contribution in [0, 0.1) is 13.8 Å². The highest BCUT2D eigenvalue weighted by Crippen LogP contribution is 2.33. The average Bonchev–Trinajstić information content (AvgIpc) is 3.36. The van der Waals surface area contributed by atoms with Crippen molar-refractivity contribution in [2.75, 3.05) is 12.1 Å². The number of nitrogens with one attached hydrogen (secondary N) is 1. The van der Waals surface area contributed by atoms with Crippen LogP contribution in [0.3, 0.4) is 0 Å². The van der Waals surface area contributed by atoms with Crippen molar-refractivity contribution in [2.24, 2.45) is 0 Å². The van der Waals surface area contributed by atoms with Crippen molar-refractivity contribution in [1.82, 2.24) is 10.2 Å². The Bertz CT molecular complexity index is 1080. The molecule has 0 spiro atoms. The molecular formula is C21H19N3O3S2. The lowest BCUT2D eigenvalue weighted by molar-refractivity contribution is -0.111. The number of carbonyl (C=O) groups is 1. The van der Waals surface area contributed by atoms with Gasteiger partial charge in [-0.3, -0.25) is 10.1 Å². The van der Waals surface area contributed by atoms with Crippen LogP contribution in [0.4, 0.5) is 5.13 Å². The summed E-state index contributed by atoms with van der Waals surface area (Å²) < 4.78 is 11.4. The van der Waals surface area contributed by atoms with Crippen molar-refractivity contribution in [3.63, 3.8) is 0 Å². The highest BCUT2D eigenvalue weighted by Gasteiger charge is 2.12. The molecule has 0 radical (unpaired) electrons. The normalized spacial score (nSPS) is 12.5. The van der Waals surface area contributed by atoms with Gasteiger partial charge in [-0.2, -0.15) is 0 Å². The summed E-state index contributed by atoms with van der Waals surface area (Å²) in [6.45, 7) is 4.42. The van der Waals surface area contributed by atoms with Gasteiger partial charge < -0.3 is 9.47 Å². The molecule has 2 heterocycles. The van der Waals surface area contributed by atoms with Crippen LogP contribution in [0.15, 0.2) is 46.8 Å². The Morgan fingerprint density at radius 3 is 2.93 bits per heavy atom. The molecule has 1 aromatic heterocycles. The van der Waals surface area contributed by atoms with E-state index in [1.165, 1.54) is 34.1 Å². The molecule has 1 amide bonds. The van der Waals surface area contributed by atoms with Gasteiger partial charge in [-0.15, -0.1) is 10.2 Å². The summed E-state index contributed by atoms with van der Waals surface area (Å²) >= 11 is 2.98. The third kappa shape index (κ3) is 4.96. The second kappa shape index (κ2) is 8.67. The summed E-state index contributed by atoms with van der Waals surface area (Å²) in [7, 11) is 0. The van der Waals surface area contributed by atoms with Crippen LogP contribution in [0.5, 0.6) is 11.5 Å². The molecule has 4 rings (SSSR count). The van der Waals surface area contributed by atoms with Gasteiger partial charge in [0.1, 0.15) is 0 Å². The Kier molecular flexibility index (Phi) is 5.82. The van der Waals surface area contributed by atoms with Crippen molar-refractivity contribution >= 4 is 40.2 Å². The lowest BCUT2D eigenvalue weighted by atomic mass is 10.1. The highest BCUT2D eigenvalue weighted by molar-refractivity contribution is 8.00. The minimum absolute atomic E-state index is 0.226. The van der Waals surface area contributed by atoms with Crippen molar-refractivity contribution in [3.8, 4) is 11.5 Å². The first kappa shape index (κ1) is 19.5. The summed E-state index contributed by atoms with van der Waals surface area (Å²) in [6, 6.07) is 11.9. The smallest absolute Gasteiger partial charge is 0.250 e. The van der Waals surface area contributed by atoms with Gasteiger partial charge >= 0.3 is 0 Å². The van der Waals surface area contributed by atoms with E-state index in [1.54, 1.807) is 17.8 Å². The van der Waals surface area contributed by atoms with Crippen molar-refractivity contribution in [3.05, 3.63) is 64.7 Å². The van der Waals surface area contributed by atoms with E-state index < -0.39 is 0 Å². The number of carbonyl (C=O) groups excluding carboxylic acids is 1. The minimum Gasteiger partial charge on any atom is -0.454 e. The molecule has 3 aromatic rings. The van der Waals surface area contributed by atoms with Crippen LogP contribution >= 0.6 is 23.1 Å². The number of fused-ring (bicyclic) bond motifs is 1. The highest BCUT2D eigenvalue weighted by atomic mass is 32.2. The fourth-order valence-corrected chi connectivity index (χ4v) is 4.57. The quantitative estimate of drug-likeness (QED) is 0.346. The topological polar surface area (TPSA) is 73.3 Å². The molecule has 2 aromatic carbocycles. The number of aryl methyl sites for hydroxylation is 2. The van der Waals surface area contributed by atoms with E-state index in [1.807, 2.05) is 18.2 Å². The van der Waals surface area contributed by atoms with Crippen LogP contribution in [0.2, 0.25) is 0 Å². The molecule has 1 aliphatic rings. The molecule has 0 saturated heterocycles. The second-order valence-electron chi connectivity index (χ2n) is 6.53. The van der Waals surface area contributed by atoms with Gasteiger partial charge in [0.05, 0.1) is 0 Å². The first-order chi connectivity index (χ1) is 14.1. The van der Waals surface area contributed by atoms with Crippen LogP contribution in [-0.4, -0.2) is 22.9 Å². The van der Waals surface area contributed by atoms with Gasteiger partial charge in [-0.05, 0) is 48.7 Å². The molecule has 29 heavy (non-hydrogen) atoms. The van der Waals surface area contributed by atoms with Gasteiger partial charge in [0.2, 0.25) is 17.8 Å². The molecule has 6 nitrogen and oxygen atoms in total. The van der Waals surface area contributed by atoms with Crippen LogP contribution in [0.1, 0.15) is 22.3 Å². The molecule has 0 bridgehead atoms. The Balaban J connectivity index is 1.32. The zero-order valence-electron chi connectivity index (χ0n) is 16.0. The van der Waals surface area contributed by atoms with E-state index in [0.29, 0.717) is 16.6 Å². The Morgan fingerprint density at radius 1 is 1.17 bits per heavy atom. The summed E-state index contributed by atoms with van der Waals surface area (Å²) in [5, 5.41) is 11.4. The zero-order chi connectivity index (χ0) is 20.2. The molecule has 148 valence electrons. The number of hydrogen-bond donors (Lipinski definition) is 1. The van der Waals surface area contributed by atoms with Gasteiger partial charge in [-0.1, -0.05) is 52.9 Å². The Hall–Kier alpha value is -2.84. The predicted octanol–water partition coefficient (Wildman–Crippen LogP) is 4.83. The molecule has 1 aliphatic heterocycles. The molecule has 0 fully saturated rings. The molecule has 0 atom stereocenters. The van der Waals surface area contributed by atoms with Gasteiger partial charge in [-0.25, -0.2) is 0 Å². The summed E-state index contributed by atoms with van der Waals surface area (Å²) in [4.78, 5) is 12.2. The lowest BCUT2D eigenvalue weighted by Crippen LogP contribution is -2.07. The van der Waals surface area contributed by atoms with Crippen LogP contribution in [-0.2, 0) is 10.5 Å². The van der Waals surface area contributed by atoms with Gasteiger partial charge in [0.15, 0.2) is 15.8 Å². The SMILES string of the molecule is Cc1ccc(C)c(CSc2nnc(NC(=O)/C=C/c3ccc4c(c3)OCO4)s2)c1. The number of aromatic nitrogens is 2. The number of hydrogen-bond acceptors (Lipinski definition) is 7. The van der Waals surface area contributed by atoms with E-state index in [4.69, 9.17) is 9.47 Å². The van der Waals surface area contributed by atoms with Gasteiger partial charge in [0.25, 0.3) is 0 Å². The number of ether oxygens (including phenoxy) is 2. The van der Waals surface area contributed by atoms with E-state index >= 15 is 0 Å². The van der Waals surface area contributed by atoms with Crippen molar-refractivity contribution in [1.29, 1.82) is 0 Å². The largest absolute Gasteiger partial charge is 0.454 e. The van der Waals surface area contributed by atoms with Crippen LogP contribution < -0.4 is 14.8 Å². The molecule has 8 heteroatoms. The van der Waals surface area contributed by atoms with Crippen molar-refractivity contribution in [2.45, 2.75) is 23.9 Å². The number of thioether (sulfide) groups is 1. The maximum absolute atomic E-state index is 12.2. The zero-order valence-corrected chi connectivity index (χ0v) is 17.6. The first-order valence-corrected chi connectivity index (χ1v) is 10.8. The van der Waals surface area contributed by atoms with E-state index in [-0.39, 0.29) is 12.7 Å². The van der Waals surface area contributed by atoms with Gasteiger partial charge in [0, 0.05) is 11.8 Å². The van der Waals surface area contributed by atoms with E-state index in [2.05, 4.69) is 47.6 Å². The maximum Gasteiger partial charge on any atom is 0.250 e. The fourth-order valence-electron chi connectivity index (χ4n) is 2.75. The Morgan fingerprint density at radius 2 is 2.03 bits per heavy atom. The van der Waals surface area contributed by atoms with E-state index in [9.17, 15) is 4.79 Å². The third-order valence-electron chi connectivity index (χ3n) is 4.32. The van der Waals surface area contributed by atoms with Crippen LogP contribution in [0.25, 0.3) is 6.08 Å². The molecular weight excluding hydrogens is 406 g/mol. The Labute approximate surface area is 177 Å². The number of nitrogens with zero attached hydrogens (tertiary/aromatic N) is 2. The van der Waals surface area contributed by atoms with Crippen molar-refractivity contribution < 1.29 is 14.3 Å². The maximum atomic E-state index is 12.2. The average molecular weight is 426 g/mol. The molecule has 0 saturated carbocycles. The third-order valence-corrected chi connectivity index (χ3v) is 6.34. The molecule has 0 unspecified atom stereocenters. The number of amides is 1. The first-order valence-electron chi connectivity index (χ1n) is 8.98. The second-order valence-corrected chi connectivity index (χ2v) is 8.73. The van der Waals surface area contributed by atoms with E-state index in [0.717, 1.165) is 15.7 Å². The summed E-state index contributed by atoms with van der Waals surface area (Å²) in [6.07, 6.45) is 3.18. The molecule has 0 aliphatic carbocycles.